The molecule has 1 aliphatic heterocycles. The fraction of sp³-hybridized carbons (Fsp3) is 0.462. The third kappa shape index (κ3) is 3.85. The Bertz CT molecular complexity index is 618. The van der Waals surface area contributed by atoms with Crippen LogP contribution in [0.4, 0.5) is 10.5 Å². The van der Waals surface area contributed by atoms with Gasteiger partial charge in [-0.3, -0.25) is 0 Å². The quantitative estimate of drug-likeness (QED) is 0.790. The van der Waals surface area contributed by atoms with Gasteiger partial charge in [0, 0.05) is 24.8 Å². The van der Waals surface area contributed by atoms with Crippen LogP contribution in [0.15, 0.2) is 24.3 Å². The number of nitrogen functional groups attached to an aromatic ring is 1. The Morgan fingerprint density at radius 3 is 2.86 bits per heavy atom. The van der Waals surface area contributed by atoms with Gasteiger partial charge in [-0.15, -0.1) is 0 Å². The first-order valence-corrected chi connectivity index (χ1v) is 8.19. The number of hydrogen-bond acceptors (Lipinski definition) is 5. The van der Waals surface area contributed by atoms with E-state index in [4.69, 9.17) is 5.73 Å². The Labute approximate surface area is 124 Å². The van der Waals surface area contributed by atoms with Crippen molar-refractivity contribution in [1.82, 2.24) is 9.62 Å². The zero-order chi connectivity index (χ0) is 15.5. The molecule has 8 heteroatoms. The van der Waals surface area contributed by atoms with E-state index in [-0.39, 0.29) is 18.3 Å². The van der Waals surface area contributed by atoms with E-state index in [2.05, 4.69) is 10.1 Å². The third-order valence-corrected chi connectivity index (χ3v) is 5.24. The van der Waals surface area contributed by atoms with Crippen LogP contribution in [0.25, 0.3) is 0 Å². The number of carbonyl (C=O) groups excluding carboxylic acids is 1. The molecule has 21 heavy (non-hydrogen) atoms. The van der Waals surface area contributed by atoms with E-state index in [9.17, 15) is 13.2 Å². The summed E-state index contributed by atoms with van der Waals surface area (Å²) in [5, 5.41) is 2.61. The topological polar surface area (TPSA) is 102 Å². The van der Waals surface area contributed by atoms with Crippen molar-refractivity contribution >= 4 is 21.8 Å². The third-order valence-electron chi connectivity index (χ3n) is 3.44. The van der Waals surface area contributed by atoms with Gasteiger partial charge >= 0.3 is 6.09 Å². The molecule has 1 atom stereocenters. The number of rotatable bonds is 4. The van der Waals surface area contributed by atoms with Crippen molar-refractivity contribution in [2.75, 3.05) is 25.9 Å². The van der Waals surface area contributed by atoms with E-state index in [1.165, 1.54) is 11.4 Å². The van der Waals surface area contributed by atoms with Crippen molar-refractivity contribution in [3.63, 3.8) is 0 Å². The number of carbonyl (C=O) groups is 1. The molecule has 0 bridgehead atoms. The van der Waals surface area contributed by atoms with Gasteiger partial charge in [-0.05, 0) is 18.1 Å². The molecule has 1 amide bonds. The predicted octanol–water partition coefficient (Wildman–Crippen LogP) is 0.529. The molecule has 1 aliphatic rings. The maximum absolute atomic E-state index is 12.4. The summed E-state index contributed by atoms with van der Waals surface area (Å²) in [5.74, 6) is -0.134. The molecule has 1 aromatic rings. The van der Waals surface area contributed by atoms with Crippen LogP contribution in [-0.4, -0.2) is 45.1 Å². The molecule has 0 radical (unpaired) electrons. The summed E-state index contributed by atoms with van der Waals surface area (Å²) < 4.78 is 30.6. The Balaban J connectivity index is 2.01. The highest BCUT2D eigenvalue weighted by Gasteiger charge is 2.32. The Morgan fingerprint density at radius 2 is 2.19 bits per heavy atom. The van der Waals surface area contributed by atoms with Crippen molar-refractivity contribution in [3.8, 4) is 0 Å². The molecule has 7 nitrogen and oxygen atoms in total. The lowest BCUT2D eigenvalue weighted by atomic mass is 10.2. The van der Waals surface area contributed by atoms with Gasteiger partial charge in [0.15, 0.2) is 0 Å². The minimum absolute atomic E-state index is 0.134. The first-order chi connectivity index (χ1) is 9.92. The van der Waals surface area contributed by atoms with Gasteiger partial charge in [0.25, 0.3) is 0 Å². The Morgan fingerprint density at radius 1 is 1.48 bits per heavy atom. The average molecular weight is 313 g/mol. The van der Waals surface area contributed by atoms with Crippen LogP contribution >= 0.6 is 0 Å². The highest BCUT2D eigenvalue weighted by atomic mass is 32.2. The summed E-state index contributed by atoms with van der Waals surface area (Å²) >= 11 is 0. The number of sulfonamides is 1. The molecule has 1 heterocycles. The first kappa shape index (κ1) is 15.6. The molecule has 1 saturated heterocycles. The predicted molar refractivity (Wildman–Crippen MR) is 79.0 cm³/mol. The molecule has 1 fully saturated rings. The van der Waals surface area contributed by atoms with Crippen LogP contribution in [-0.2, 0) is 20.5 Å². The molecule has 3 N–H and O–H groups in total. The van der Waals surface area contributed by atoms with Gasteiger partial charge < -0.3 is 15.8 Å². The molecule has 2 rings (SSSR count). The van der Waals surface area contributed by atoms with E-state index in [0.29, 0.717) is 24.2 Å². The van der Waals surface area contributed by atoms with Crippen molar-refractivity contribution in [2.45, 2.75) is 18.2 Å². The second-order valence-corrected chi connectivity index (χ2v) is 6.90. The number of nitrogens with zero attached hydrogens (tertiary/aromatic N) is 1. The highest BCUT2D eigenvalue weighted by Crippen LogP contribution is 2.20. The summed E-state index contributed by atoms with van der Waals surface area (Å²) in [6.07, 6.45) is 0.0186. The molecule has 1 unspecified atom stereocenters. The molecule has 0 aromatic heterocycles. The maximum atomic E-state index is 12.4. The lowest BCUT2D eigenvalue weighted by Gasteiger charge is -2.17. The lowest BCUT2D eigenvalue weighted by molar-refractivity contribution is 0.167. The monoisotopic (exact) mass is 313 g/mol. The number of ether oxygens (including phenoxy) is 1. The number of amides is 1. The van der Waals surface area contributed by atoms with Crippen LogP contribution in [0.1, 0.15) is 12.0 Å². The van der Waals surface area contributed by atoms with Crippen LogP contribution in [0.2, 0.25) is 0 Å². The second-order valence-electron chi connectivity index (χ2n) is 4.93. The number of hydrogen-bond donors (Lipinski definition) is 2. The number of nitrogens with two attached hydrogens (primary N) is 1. The highest BCUT2D eigenvalue weighted by molar-refractivity contribution is 7.88. The molecular formula is C13H19N3O4S. The number of benzene rings is 1. The molecule has 0 spiro atoms. The van der Waals surface area contributed by atoms with Gasteiger partial charge in [-0.2, -0.15) is 4.31 Å². The molecular weight excluding hydrogens is 294 g/mol. The van der Waals surface area contributed by atoms with Crippen LogP contribution in [0.3, 0.4) is 0 Å². The SMILES string of the molecule is COC(=O)NC1CCN(S(=O)(=O)Cc2ccccc2N)C1. The average Bonchev–Trinajstić information content (AvgIpc) is 2.90. The summed E-state index contributed by atoms with van der Waals surface area (Å²) in [7, 11) is -2.17. The number of alkyl carbamates (subject to hydrolysis) is 1. The number of para-hydroxylation sites is 1. The Hall–Kier alpha value is -1.80. The fourth-order valence-electron chi connectivity index (χ4n) is 2.28. The first-order valence-electron chi connectivity index (χ1n) is 6.58. The number of methoxy groups -OCH3 is 1. The minimum atomic E-state index is -3.45. The largest absolute Gasteiger partial charge is 0.453 e. The van der Waals surface area contributed by atoms with Gasteiger partial charge in [0.05, 0.1) is 12.9 Å². The lowest BCUT2D eigenvalue weighted by Crippen LogP contribution is -2.38. The van der Waals surface area contributed by atoms with Crippen molar-refractivity contribution in [1.29, 1.82) is 0 Å². The van der Waals surface area contributed by atoms with Crippen molar-refractivity contribution < 1.29 is 17.9 Å². The fourth-order valence-corrected chi connectivity index (χ4v) is 3.91. The van der Waals surface area contributed by atoms with E-state index >= 15 is 0 Å². The van der Waals surface area contributed by atoms with E-state index in [1.54, 1.807) is 24.3 Å². The van der Waals surface area contributed by atoms with Crippen LogP contribution < -0.4 is 11.1 Å². The summed E-state index contributed by atoms with van der Waals surface area (Å²) in [6.45, 7) is 0.633. The van der Waals surface area contributed by atoms with Crippen molar-refractivity contribution in [3.05, 3.63) is 29.8 Å². The van der Waals surface area contributed by atoms with Crippen molar-refractivity contribution in [2.24, 2.45) is 0 Å². The van der Waals surface area contributed by atoms with Gasteiger partial charge in [0.1, 0.15) is 0 Å². The molecule has 116 valence electrons. The number of nitrogens with one attached hydrogen (secondary N) is 1. The van der Waals surface area contributed by atoms with E-state index < -0.39 is 16.1 Å². The normalized spacial score (nSPS) is 19.4. The molecule has 0 saturated carbocycles. The molecule has 1 aromatic carbocycles. The smallest absolute Gasteiger partial charge is 0.407 e. The summed E-state index contributed by atoms with van der Waals surface area (Å²) in [6, 6.07) is 6.67. The minimum Gasteiger partial charge on any atom is -0.453 e. The summed E-state index contributed by atoms with van der Waals surface area (Å²) in [5.41, 5.74) is 6.83. The van der Waals surface area contributed by atoms with Crippen LogP contribution in [0, 0.1) is 0 Å². The van der Waals surface area contributed by atoms with Crippen LogP contribution in [0.5, 0.6) is 0 Å². The van der Waals surface area contributed by atoms with Gasteiger partial charge in [-0.1, -0.05) is 18.2 Å². The zero-order valence-electron chi connectivity index (χ0n) is 11.8. The zero-order valence-corrected chi connectivity index (χ0v) is 12.6. The summed E-state index contributed by atoms with van der Waals surface area (Å²) in [4.78, 5) is 11.1. The second kappa shape index (κ2) is 6.31. The standard InChI is InChI=1S/C13H19N3O4S/c1-20-13(17)15-11-6-7-16(8-11)21(18,19)9-10-4-2-3-5-12(10)14/h2-5,11H,6-9,14H2,1H3,(H,15,17). The maximum Gasteiger partial charge on any atom is 0.407 e. The Kier molecular flexibility index (Phi) is 4.69. The van der Waals surface area contributed by atoms with Gasteiger partial charge in [-0.25, -0.2) is 13.2 Å². The van der Waals surface area contributed by atoms with E-state index in [1.807, 2.05) is 0 Å². The molecule has 0 aliphatic carbocycles. The van der Waals surface area contributed by atoms with Gasteiger partial charge in [0.2, 0.25) is 10.0 Å². The van der Waals surface area contributed by atoms with E-state index in [0.717, 1.165) is 0 Å². The number of anilines is 1.